The highest BCUT2D eigenvalue weighted by molar-refractivity contribution is 5.60. The van der Waals surface area contributed by atoms with Crippen molar-refractivity contribution in [2.45, 2.75) is 37.8 Å². The van der Waals surface area contributed by atoms with Gasteiger partial charge in [0.25, 0.3) is 6.43 Å². The van der Waals surface area contributed by atoms with E-state index in [9.17, 15) is 13.2 Å². The third-order valence-electron chi connectivity index (χ3n) is 5.85. The third-order valence-corrected chi connectivity index (χ3v) is 5.85. The van der Waals surface area contributed by atoms with Gasteiger partial charge in [0.1, 0.15) is 11.5 Å². The van der Waals surface area contributed by atoms with E-state index in [0.717, 1.165) is 30.5 Å². The Bertz CT molecular complexity index is 848. The maximum atomic E-state index is 14.7. The Morgan fingerprint density at radius 1 is 1.23 bits per heavy atom. The zero-order valence-corrected chi connectivity index (χ0v) is 15.1. The van der Waals surface area contributed by atoms with Crippen LogP contribution in [-0.4, -0.2) is 36.1 Å². The van der Waals surface area contributed by atoms with Gasteiger partial charge in [-0.15, -0.1) is 0 Å². The van der Waals surface area contributed by atoms with Gasteiger partial charge in [0.2, 0.25) is 0 Å². The zero-order chi connectivity index (χ0) is 18.6. The topological polar surface area (TPSA) is 19.4 Å². The number of hydrogen-bond donors (Lipinski definition) is 0. The van der Waals surface area contributed by atoms with Crippen molar-refractivity contribution < 1.29 is 13.2 Å². The number of para-hydroxylation sites is 1. The van der Waals surface area contributed by atoms with Crippen LogP contribution >= 0.6 is 0 Å². The van der Waals surface area contributed by atoms with Crippen molar-refractivity contribution in [1.29, 1.82) is 0 Å². The van der Waals surface area contributed by atoms with Crippen LogP contribution in [0, 0.1) is 12.7 Å². The van der Waals surface area contributed by atoms with Gasteiger partial charge in [-0.05, 0) is 44.0 Å². The van der Waals surface area contributed by atoms with E-state index in [4.69, 9.17) is 0 Å². The fourth-order valence-corrected chi connectivity index (χ4v) is 4.31. The lowest BCUT2D eigenvalue weighted by Gasteiger charge is -2.34. The van der Waals surface area contributed by atoms with Gasteiger partial charge in [-0.2, -0.15) is 0 Å². The number of benzene rings is 1. The van der Waals surface area contributed by atoms with E-state index in [2.05, 4.69) is 9.88 Å². The summed E-state index contributed by atoms with van der Waals surface area (Å²) in [6, 6.07) is 6.66. The van der Waals surface area contributed by atoms with Gasteiger partial charge < -0.3 is 4.90 Å². The number of rotatable bonds is 2. The lowest BCUT2D eigenvalue weighted by atomic mass is 9.95. The summed E-state index contributed by atoms with van der Waals surface area (Å²) < 4.78 is 40.8. The van der Waals surface area contributed by atoms with E-state index in [0.29, 0.717) is 11.3 Å². The van der Waals surface area contributed by atoms with Gasteiger partial charge in [-0.3, -0.25) is 9.88 Å². The summed E-state index contributed by atoms with van der Waals surface area (Å²) in [5.41, 5.74) is 2.52. The molecule has 0 radical (unpaired) electrons. The molecule has 2 aliphatic rings. The van der Waals surface area contributed by atoms with Crippen molar-refractivity contribution in [3.05, 3.63) is 58.7 Å². The highest BCUT2D eigenvalue weighted by Gasteiger charge is 2.52. The minimum absolute atomic E-state index is 0.0137. The first-order valence-electron chi connectivity index (χ1n) is 8.81. The molecule has 0 saturated heterocycles. The molecule has 1 spiro atoms. The molecule has 0 bridgehead atoms. The lowest BCUT2D eigenvalue weighted by Crippen LogP contribution is -2.42. The van der Waals surface area contributed by atoms with Crippen LogP contribution in [0.4, 0.5) is 18.9 Å². The standard InChI is InChI=1S/C20H22F3N3/c1-12-9-13(10-24-16(12)19(22)23)17-14-5-4-6-15(21)18(14)25(2)11-20(7-8-20)26(17)3/h4-6,9-10,17,19H,7-8,11H2,1-3H3. The molecular weight excluding hydrogens is 339 g/mol. The summed E-state index contributed by atoms with van der Waals surface area (Å²) in [6.07, 6.45) is 1.01. The highest BCUT2D eigenvalue weighted by Crippen LogP contribution is 2.51. The molecule has 0 N–H and O–H groups in total. The summed E-state index contributed by atoms with van der Waals surface area (Å²) in [4.78, 5) is 8.28. The van der Waals surface area contributed by atoms with E-state index in [1.807, 2.05) is 25.1 Å². The number of aryl methyl sites for hydroxylation is 1. The number of halogens is 3. The van der Waals surface area contributed by atoms with E-state index in [-0.39, 0.29) is 23.1 Å². The van der Waals surface area contributed by atoms with Crippen molar-refractivity contribution >= 4 is 5.69 Å². The molecule has 26 heavy (non-hydrogen) atoms. The molecule has 1 aromatic carbocycles. The molecule has 2 aromatic rings. The van der Waals surface area contributed by atoms with Gasteiger partial charge in [0, 0.05) is 30.9 Å². The van der Waals surface area contributed by atoms with Gasteiger partial charge in [-0.1, -0.05) is 18.2 Å². The fraction of sp³-hybridized carbons (Fsp3) is 0.450. The summed E-state index contributed by atoms with van der Waals surface area (Å²) in [5, 5.41) is 0. The van der Waals surface area contributed by atoms with Crippen LogP contribution in [0.2, 0.25) is 0 Å². The smallest absolute Gasteiger partial charge is 0.280 e. The van der Waals surface area contributed by atoms with E-state index < -0.39 is 6.43 Å². The van der Waals surface area contributed by atoms with Crippen molar-refractivity contribution in [3.63, 3.8) is 0 Å². The summed E-state index contributed by atoms with van der Waals surface area (Å²) in [6.45, 7) is 2.40. The second-order valence-electron chi connectivity index (χ2n) is 7.54. The number of hydrogen-bond acceptors (Lipinski definition) is 3. The number of fused-ring (bicyclic) bond motifs is 1. The van der Waals surface area contributed by atoms with Crippen LogP contribution in [0.3, 0.4) is 0 Å². The summed E-state index contributed by atoms with van der Waals surface area (Å²) in [5.74, 6) is -0.255. The first-order chi connectivity index (χ1) is 12.3. The average molecular weight is 361 g/mol. The van der Waals surface area contributed by atoms with Gasteiger partial charge in [0.05, 0.1) is 11.7 Å². The minimum atomic E-state index is -2.60. The molecule has 4 rings (SSSR count). The Morgan fingerprint density at radius 2 is 1.96 bits per heavy atom. The fourth-order valence-electron chi connectivity index (χ4n) is 4.31. The van der Waals surface area contributed by atoms with E-state index >= 15 is 0 Å². The molecule has 1 aliphatic carbocycles. The normalized spacial score (nSPS) is 21.8. The number of likely N-dealkylation sites (N-methyl/N-ethyl adjacent to an activating group) is 2. The molecule has 1 unspecified atom stereocenters. The van der Waals surface area contributed by atoms with Gasteiger partial charge >= 0.3 is 0 Å². The van der Waals surface area contributed by atoms with Crippen LogP contribution in [0.1, 0.15) is 47.7 Å². The lowest BCUT2D eigenvalue weighted by molar-refractivity contribution is 0.145. The van der Waals surface area contributed by atoms with Crippen molar-refractivity contribution in [2.75, 3.05) is 25.5 Å². The Hall–Kier alpha value is -2.08. The van der Waals surface area contributed by atoms with Crippen LogP contribution in [0.15, 0.2) is 30.5 Å². The summed E-state index contributed by atoms with van der Waals surface area (Å²) >= 11 is 0. The highest BCUT2D eigenvalue weighted by atomic mass is 19.3. The molecule has 1 aromatic heterocycles. The molecule has 1 atom stereocenters. The Morgan fingerprint density at radius 3 is 2.58 bits per heavy atom. The second kappa shape index (κ2) is 5.98. The average Bonchev–Trinajstić information content (AvgIpc) is 3.35. The van der Waals surface area contributed by atoms with Crippen molar-refractivity contribution in [1.82, 2.24) is 9.88 Å². The van der Waals surface area contributed by atoms with Crippen LogP contribution in [-0.2, 0) is 0 Å². The predicted molar refractivity (Wildman–Crippen MR) is 95.2 cm³/mol. The van der Waals surface area contributed by atoms with E-state index in [1.165, 1.54) is 12.3 Å². The Balaban J connectivity index is 1.89. The molecule has 1 saturated carbocycles. The maximum absolute atomic E-state index is 14.7. The van der Waals surface area contributed by atoms with Crippen LogP contribution in [0.5, 0.6) is 0 Å². The quantitative estimate of drug-likeness (QED) is 0.787. The van der Waals surface area contributed by atoms with E-state index in [1.54, 1.807) is 19.1 Å². The Labute approximate surface area is 151 Å². The number of anilines is 1. The first kappa shape index (κ1) is 17.3. The van der Waals surface area contributed by atoms with Crippen LogP contribution < -0.4 is 4.90 Å². The molecule has 6 heteroatoms. The molecule has 138 valence electrons. The molecule has 3 nitrogen and oxygen atoms in total. The van der Waals surface area contributed by atoms with Gasteiger partial charge in [-0.25, -0.2) is 13.2 Å². The molecule has 2 heterocycles. The third kappa shape index (κ3) is 2.58. The molecule has 0 amide bonds. The predicted octanol–water partition coefficient (Wildman–Crippen LogP) is 4.47. The number of nitrogens with zero attached hydrogens (tertiary/aromatic N) is 3. The first-order valence-corrected chi connectivity index (χ1v) is 8.81. The summed E-state index contributed by atoms with van der Waals surface area (Å²) in [7, 11) is 3.96. The largest absolute Gasteiger partial charge is 0.370 e. The second-order valence-corrected chi connectivity index (χ2v) is 7.54. The number of aromatic nitrogens is 1. The number of pyridine rings is 1. The number of alkyl halides is 2. The monoisotopic (exact) mass is 361 g/mol. The van der Waals surface area contributed by atoms with Crippen molar-refractivity contribution in [2.24, 2.45) is 0 Å². The molecule has 1 fully saturated rings. The zero-order valence-electron chi connectivity index (χ0n) is 15.1. The minimum Gasteiger partial charge on any atom is -0.370 e. The SMILES string of the molecule is Cc1cc(C2c3cccc(F)c3N(C)CC3(CC3)N2C)cnc1C(F)F. The molecular formula is C20H22F3N3. The Kier molecular flexibility index (Phi) is 3.99. The van der Waals surface area contributed by atoms with Crippen molar-refractivity contribution in [3.8, 4) is 0 Å². The molecule has 1 aliphatic heterocycles. The van der Waals surface area contributed by atoms with Gasteiger partial charge in [0.15, 0.2) is 0 Å². The maximum Gasteiger partial charge on any atom is 0.280 e. The van der Waals surface area contributed by atoms with Crippen LogP contribution in [0.25, 0.3) is 0 Å².